The van der Waals surface area contributed by atoms with Crippen molar-refractivity contribution in [3.05, 3.63) is 11.8 Å². The molecule has 33 heavy (non-hydrogen) atoms. The topological polar surface area (TPSA) is 141 Å². The Balaban J connectivity index is 3.26. The third-order valence-corrected chi connectivity index (χ3v) is 7.51. The monoisotopic (exact) mass is 492 g/mol. The first-order valence-corrected chi connectivity index (χ1v) is 12.7. The fraction of sp³-hybridized carbons (Fsp3) is 0.762. The highest BCUT2D eigenvalue weighted by molar-refractivity contribution is 7.53. The summed E-state index contributed by atoms with van der Waals surface area (Å²) in [5.41, 5.74) is 0.294. The van der Waals surface area contributed by atoms with Crippen LogP contribution in [0.15, 0.2) is 11.8 Å². The Morgan fingerprint density at radius 2 is 1.76 bits per heavy atom. The van der Waals surface area contributed by atoms with Gasteiger partial charge in [0.25, 0.3) is 0 Å². The maximum atomic E-state index is 13.0. The number of ether oxygens (including phenoxy) is 2. The maximum Gasteiger partial charge on any atom is 0.331 e. The molecule has 190 valence electrons. The van der Waals surface area contributed by atoms with E-state index in [9.17, 15) is 24.1 Å². The third kappa shape index (κ3) is 8.27. The highest BCUT2D eigenvalue weighted by atomic mass is 31.2. The molecule has 1 aliphatic rings. The van der Waals surface area contributed by atoms with E-state index in [1.54, 1.807) is 27.7 Å². The summed E-state index contributed by atoms with van der Waals surface area (Å²) in [5, 5.41) is 13.4. The van der Waals surface area contributed by atoms with E-state index in [-0.39, 0.29) is 31.8 Å². The van der Waals surface area contributed by atoms with Crippen molar-refractivity contribution in [1.82, 2.24) is 10.2 Å². The van der Waals surface area contributed by atoms with Crippen LogP contribution < -0.4 is 5.32 Å². The van der Waals surface area contributed by atoms with Crippen LogP contribution >= 0.6 is 7.60 Å². The number of likely N-dealkylation sites (N-methyl/N-ethyl adjacent to an activating group) is 1. The Kier molecular flexibility index (Phi) is 11.9. The van der Waals surface area contributed by atoms with Crippen molar-refractivity contribution in [3.63, 3.8) is 0 Å². The molecule has 2 amide bonds. The van der Waals surface area contributed by atoms with Gasteiger partial charge in [-0.3, -0.25) is 23.8 Å². The Hall–Kier alpha value is -1.62. The normalized spacial score (nSPS) is 24.4. The number of allylic oxidation sites excluding steroid dienone is 1. The molecule has 0 aromatic carbocycles. The second-order valence-electron chi connectivity index (χ2n) is 7.83. The number of ketones is 1. The number of carbonyl (C=O) groups is 3. The Morgan fingerprint density at radius 3 is 2.21 bits per heavy atom. The van der Waals surface area contributed by atoms with Gasteiger partial charge in [0.15, 0.2) is 12.0 Å². The molecular formula is C21H37N2O9P. The van der Waals surface area contributed by atoms with Crippen molar-refractivity contribution >= 4 is 25.2 Å². The van der Waals surface area contributed by atoms with Crippen LogP contribution in [0.1, 0.15) is 41.5 Å². The van der Waals surface area contributed by atoms with Crippen LogP contribution in [0.2, 0.25) is 0 Å². The van der Waals surface area contributed by atoms with Crippen molar-refractivity contribution in [1.29, 1.82) is 0 Å². The predicted octanol–water partition coefficient (Wildman–Crippen LogP) is 1.45. The van der Waals surface area contributed by atoms with Gasteiger partial charge in [-0.25, -0.2) is 0 Å². The summed E-state index contributed by atoms with van der Waals surface area (Å²) in [5.74, 6) is -1.66. The van der Waals surface area contributed by atoms with E-state index < -0.39 is 49.9 Å². The van der Waals surface area contributed by atoms with Crippen LogP contribution in [-0.4, -0.2) is 85.2 Å². The van der Waals surface area contributed by atoms with Crippen LogP contribution in [0.25, 0.3) is 0 Å². The minimum absolute atomic E-state index is 0.0341. The van der Waals surface area contributed by atoms with Gasteiger partial charge in [-0.15, -0.1) is 0 Å². The van der Waals surface area contributed by atoms with Crippen molar-refractivity contribution < 1.29 is 42.6 Å². The molecule has 0 aliphatic carbocycles. The number of nitrogens with one attached hydrogen (secondary N) is 1. The molecule has 0 aromatic rings. The van der Waals surface area contributed by atoms with Gasteiger partial charge in [0.2, 0.25) is 11.8 Å². The largest absolute Gasteiger partial charge is 0.387 e. The first-order chi connectivity index (χ1) is 15.4. The number of Topliss-reactive ketones (excluding diaryl/α,β-unsaturated/α-hetero) is 1. The molecule has 0 aromatic heterocycles. The van der Waals surface area contributed by atoms with Crippen LogP contribution in [0.5, 0.6) is 0 Å². The van der Waals surface area contributed by atoms with Crippen LogP contribution in [0.4, 0.5) is 0 Å². The lowest BCUT2D eigenvalue weighted by molar-refractivity contribution is -0.149. The fourth-order valence-corrected chi connectivity index (χ4v) is 5.42. The highest BCUT2D eigenvalue weighted by Gasteiger charge is 2.50. The molecule has 1 heterocycles. The van der Waals surface area contributed by atoms with Crippen LogP contribution in [-0.2, 0) is 37.5 Å². The summed E-state index contributed by atoms with van der Waals surface area (Å²) < 4.78 is 35.3. The number of aliphatic hydroxyl groups excluding tert-OH is 1. The molecular weight excluding hydrogens is 455 g/mol. The van der Waals surface area contributed by atoms with Crippen LogP contribution in [0, 0.1) is 5.92 Å². The second kappa shape index (κ2) is 13.3. The van der Waals surface area contributed by atoms with Crippen LogP contribution in [0.3, 0.4) is 0 Å². The Morgan fingerprint density at radius 1 is 1.18 bits per heavy atom. The predicted molar refractivity (Wildman–Crippen MR) is 120 cm³/mol. The Bertz CT molecular complexity index is 763. The zero-order chi connectivity index (χ0) is 25.3. The number of rotatable bonds is 13. The summed E-state index contributed by atoms with van der Waals surface area (Å²) in [7, 11) is -2.00. The van der Waals surface area contributed by atoms with Crippen molar-refractivity contribution in [2.75, 3.05) is 33.0 Å². The lowest BCUT2D eigenvalue weighted by Crippen LogP contribution is -2.46. The summed E-state index contributed by atoms with van der Waals surface area (Å²) >= 11 is 0. The van der Waals surface area contributed by atoms with Crippen molar-refractivity contribution in [2.45, 2.75) is 66.1 Å². The van der Waals surface area contributed by atoms with Gasteiger partial charge in [0, 0.05) is 25.7 Å². The third-order valence-electron chi connectivity index (χ3n) is 5.19. The summed E-state index contributed by atoms with van der Waals surface area (Å²) in [6, 6.07) is 0. The number of amides is 2. The zero-order valence-electron chi connectivity index (χ0n) is 20.4. The molecule has 1 aliphatic heterocycles. The van der Waals surface area contributed by atoms with E-state index in [2.05, 4.69) is 5.32 Å². The van der Waals surface area contributed by atoms with E-state index >= 15 is 0 Å². The molecule has 1 fully saturated rings. The number of aliphatic hydroxyl groups is 1. The fourth-order valence-electron chi connectivity index (χ4n) is 3.43. The van der Waals surface area contributed by atoms with E-state index in [0.717, 1.165) is 4.90 Å². The SMILES string of the molecule is CCOP(=O)(C[C@H](C)[C@H]1O[C@@H](N(/C=C(/C)C(C)=O)C(C)=O)[C@H](OCC(=O)NC)[C@@H]1O)OCC. The average molecular weight is 493 g/mol. The first kappa shape index (κ1) is 29.4. The first-order valence-electron chi connectivity index (χ1n) is 10.9. The molecule has 1 saturated heterocycles. The summed E-state index contributed by atoms with van der Waals surface area (Å²) in [4.78, 5) is 37.0. The van der Waals surface area contributed by atoms with Crippen molar-refractivity contribution in [3.8, 4) is 0 Å². The molecule has 11 nitrogen and oxygen atoms in total. The second-order valence-corrected chi connectivity index (χ2v) is 9.93. The minimum atomic E-state index is -3.44. The van der Waals surface area contributed by atoms with E-state index in [0.29, 0.717) is 5.57 Å². The number of carbonyl (C=O) groups excluding carboxylic acids is 3. The summed E-state index contributed by atoms with van der Waals surface area (Å²) in [6.07, 6.45) is -3.11. The molecule has 2 N–H and O–H groups in total. The number of hydrogen-bond acceptors (Lipinski definition) is 9. The quantitative estimate of drug-likeness (QED) is 0.289. The van der Waals surface area contributed by atoms with Crippen molar-refractivity contribution in [2.24, 2.45) is 5.92 Å². The minimum Gasteiger partial charge on any atom is -0.387 e. The van der Waals surface area contributed by atoms with Gasteiger partial charge in [-0.1, -0.05) is 6.92 Å². The molecule has 0 radical (unpaired) electrons. The molecule has 0 unspecified atom stereocenters. The van der Waals surface area contributed by atoms with Gasteiger partial charge in [-0.05, 0) is 33.6 Å². The van der Waals surface area contributed by atoms with Gasteiger partial charge in [-0.2, -0.15) is 0 Å². The number of hydrogen-bond donors (Lipinski definition) is 2. The van der Waals surface area contributed by atoms with E-state index in [4.69, 9.17) is 18.5 Å². The molecule has 0 spiro atoms. The molecule has 1 rings (SSSR count). The average Bonchev–Trinajstić information content (AvgIpc) is 3.05. The zero-order valence-corrected chi connectivity index (χ0v) is 21.3. The van der Waals surface area contributed by atoms with Gasteiger partial charge in [0.1, 0.15) is 18.8 Å². The van der Waals surface area contributed by atoms with E-state index in [1.807, 2.05) is 0 Å². The molecule has 0 bridgehead atoms. The molecule has 5 atom stereocenters. The maximum absolute atomic E-state index is 13.0. The Labute approximate surface area is 195 Å². The number of nitrogens with zero attached hydrogens (tertiary/aromatic N) is 1. The van der Waals surface area contributed by atoms with Gasteiger partial charge >= 0.3 is 7.60 Å². The van der Waals surface area contributed by atoms with Gasteiger partial charge < -0.3 is 28.9 Å². The summed E-state index contributed by atoms with van der Waals surface area (Å²) in [6.45, 7) is 9.29. The molecule has 12 heteroatoms. The smallest absolute Gasteiger partial charge is 0.331 e. The lowest BCUT2D eigenvalue weighted by Gasteiger charge is -2.29. The standard InChI is InChI=1S/C21H37N2O9P/c1-8-30-33(28,31-9-2)12-14(4)19-18(27)20(29-11-17(26)22-7)21(32-19)23(16(6)25)10-13(3)15(5)24/h10,14,18-21,27H,8-9,11-12H2,1-7H3,(H,22,26)/b13-10-/t14-,18+,19+,20+,21+/m0/s1. The van der Waals surface area contributed by atoms with E-state index in [1.165, 1.54) is 27.1 Å². The lowest BCUT2D eigenvalue weighted by atomic mass is 10.00. The van der Waals surface area contributed by atoms with Gasteiger partial charge in [0.05, 0.1) is 25.5 Å². The highest BCUT2D eigenvalue weighted by Crippen LogP contribution is 2.51. The molecule has 0 saturated carbocycles.